The van der Waals surface area contributed by atoms with Gasteiger partial charge < -0.3 is 20.1 Å². The Bertz CT molecular complexity index is 847. The maximum absolute atomic E-state index is 12.3. The number of amides is 2. The van der Waals surface area contributed by atoms with Gasteiger partial charge in [0.15, 0.2) is 6.10 Å². The van der Waals surface area contributed by atoms with Crippen molar-refractivity contribution in [3.8, 4) is 5.75 Å². The van der Waals surface area contributed by atoms with Crippen molar-refractivity contribution in [2.45, 2.75) is 39.3 Å². The summed E-state index contributed by atoms with van der Waals surface area (Å²) in [6.07, 6.45) is 1.41. The molecule has 0 radical (unpaired) electrons. The van der Waals surface area contributed by atoms with Gasteiger partial charge in [0.05, 0.1) is 19.3 Å². The third-order valence-corrected chi connectivity index (χ3v) is 4.35. The van der Waals surface area contributed by atoms with Crippen molar-refractivity contribution in [3.63, 3.8) is 0 Å². The molecule has 0 fully saturated rings. The van der Waals surface area contributed by atoms with E-state index in [9.17, 15) is 14.4 Å². The molecule has 2 rings (SSSR count). The van der Waals surface area contributed by atoms with Crippen LogP contribution in [0.15, 0.2) is 36.5 Å². The molecule has 0 unspecified atom stereocenters. The molecule has 156 valence electrons. The second kappa shape index (κ2) is 10.3. The molecule has 0 saturated carbocycles. The van der Waals surface area contributed by atoms with Crippen LogP contribution in [0.2, 0.25) is 0 Å². The number of esters is 1. The third kappa shape index (κ3) is 6.06. The SMILES string of the molecule is CC[C@@H](C)n1nccc1NC(=O)[C@@H](C)OC(=O)CNC(=O)c1ccc(OC)cc1. The number of rotatable bonds is 9. The van der Waals surface area contributed by atoms with E-state index < -0.39 is 23.9 Å². The highest BCUT2D eigenvalue weighted by molar-refractivity contribution is 5.97. The lowest BCUT2D eigenvalue weighted by atomic mass is 10.2. The fourth-order valence-electron chi connectivity index (χ4n) is 2.45. The Morgan fingerprint density at radius 2 is 1.83 bits per heavy atom. The third-order valence-electron chi connectivity index (χ3n) is 4.35. The molecular weight excluding hydrogens is 376 g/mol. The average molecular weight is 402 g/mol. The second-order valence-corrected chi connectivity index (χ2v) is 6.45. The molecule has 0 aliphatic carbocycles. The number of ether oxygens (including phenoxy) is 2. The minimum absolute atomic E-state index is 0.117. The van der Waals surface area contributed by atoms with Gasteiger partial charge in [-0.2, -0.15) is 5.10 Å². The molecule has 1 heterocycles. The van der Waals surface area contributed by atoms with Gasteiger partial charge in [-0.15, -0.1) is 0 Å². The maximum atomic E-state index is 12.3. The zero-order chi connectivity index (χ0) is 21.4. The maximum Gasteiger partial charge on any atom is 0.326 e. The van der Waals surface area contributed by atoms with E-state index in [-0.39, 0.29) is 12.6 Å². The predicted octanol–water partition coefficient (Wildman–Crippen LogP) is 2.16. The monoisotopic (exact) mass is 402 g/mol. The van der Waals surface area contributed by atoms with Crippen molar-refractivity contribution in [1.29, 1.82) is 0 Å². The zero-order valence-electron chi connectivity index (χ0n) is 17.0. The second-order valence-electron chi connectivity index (χ2n) is 6.45. The van der Waals surface area contributed by atoms with E-state index in [1.54, 1.807) is 41.2 Å². The quantitative estimate of drug-likeness (QED) is 0.622. The van der Waals surface area contributed by atoms with Gasteiger partial charge >= 0.3 is 5.97 Å². The molecule has 2 atom stereocenters. The first-order valence-corrected chi connectivity index (χ1v) is 9.31. The number of hydrogen-bond acceptors (Lipinski definition) is 6. The molecule has 0 saturated heterocycles. The molecule has 0 bridgehead atoms. The Labute approximate surface area is 169 Å². The topological polar surface area (TPSA) is 112 Å². The molecule has 9 heteroatoms. The number of benzene rings is 1. The van der Waals surface area contributed by atoms with Gasteiger partial charge in [-0.25, -0.2) is 4.68 Å². The van der Waals surface area contributed by atoms with Gasteiger partial charge in [0.2, 0.25) is 0 Å². The molecule has 29 heavy (non-hydrogen) atoms. The molecule has 1 aromatic carbocycles. The zero-order valence-corrected chi connectivity index (χ0v) is 17.0. The average Bonchev–Trinajstić information content (AvgIpc) is 3.19. The van der Waals surface area contributed by atoms with E-state index in [0.717, 1.165) is 6.42 Å². The first kappa shape index (κ1) is 21.9. The van der Waals surface area contributed by atoms with Crippen LogP contribution >= 0.6 is 0 Å². The summed E-state index contributed by atoms with van der Waals surface area (Å²) >= 11 is 0. The lowest BCUT2D eigenvalue weighted by Gasteiger charge is -2.17. The van der Waals surface area contributed by atoms with Gasteiger partial charge in [0.25, 0.3) is 11.8 Å². The molecule has 2 N–H and O–H groups in total. The number of aromatic nitrogens is 2. The van der Waals surface area contributed by atoms with Crippen LogP contribution in [0.1, 0.15) is 43.6 Å². The predicted molar refractivity (Wildman–Crippen MR) is 107 cm³/mol. The summed E-state index contributed by atoms with van der Waals surface area (Å²) in [6.45, 7) is 5.11. The Kier molecular flexibility index (Phi) is 7.76. The lowest BCUT2D eigenvalue weighted by molar-refractivity contribution is -0.152. The van der Waals surface area contributed by atoms with Crippen LogP contribution in [-0.4, -0.2) is 47.3 Å². The number of nitrogens with one attached hydrogen (secondary N) is 2. The normalized spacial score (nSPS) is 12.6. The molecule has 1 aromatic heterocycles. The first-order valence-electron chi connectivity index (χ1n) is 9.31. The molecule has 0 aliphatic rings. The summed E-state index contributed by atoms with van der Waals surface area (Å²) in [7, 11) is 1.53. The van der Waals surface area contributed by atoms with E-state index in [1.165, 1.54) is 14.0 Å². The van der Waals surface area contributed by atoms with Gasteiger partial charge in [-0.3, -0.25) is 14.4 Å². The van der Waals surface area contributed by atoms with E-state index in [0.29, 0.717) is 17.1 Å². The van der Waals surface area contributed by atoms with E-state index >= 15 is 0 Å². The minimum atomic E-state index is -1.03. The van der Waals surface area contributed by atoms with E-state index in [2.05, 4.69) is 15.7 Å². The van der Waals surface area contributed by atoms with Crippen molar-refractivity contribution in [2.24, 2.45) is 0 Å². The van der Waals surface area contributed by atoms with E-state index in [4.69, 9.17) is 9.47 Å². The molecule has 0 spiro atoms. The van der Waals surface area contributed by atoms with Gasteiger partial charge in [-0.1, -0.05) is 6.92 Å². The van der Waals surface area contributed by atoms with Crippen LogP contribution in [0.3, 0.4) is 0 Å². The highest BCUT2D eigenvalue weighted by atomic mass is 16.5. The van der Waals surface area contributed by atoms with Crippen molar-refractivity contribution >= 4 is 23.6 Å². The Morgan fingerprint density at radius 3 is 2.45 bits per heavy atom. The summed E-state index contributed by atoms with van der Waals surface area (Å²) in [6, 6.07) is 8.24. The van der Waals surface area contributed by atoms with Crippen LogP contribution < -0.4 is 15.4 Å². The largest absolute Gasteiger partial charge is 0.497 e. The number of hydrogen-bond donors (Lipinski definition) is 2. The number of nitrogens with zero attached hydrogens (tertiary/aromatic N) is 2. The molecule has 0 aliphatic heterocycles. The summed E-state index contributed by atoms with van der Waals surface area (Å²) < 4.78 is 11.8. The molecule has 9 nitrogen and oxygen atoms in total. The summed E-state index contributed by atoms with van der Waals surface area (Å²) in [4.78, 5) is 36.3. The number of methoxy groups -OCH3 is 1. The van der Waals surface area contributed by atoms with Crippen LogP contribution in [0.4, 0.5) is 5.82 Å². The fourth-order valence-corrected chi connectivity index (χ4v) is 2.45. The van der Waals surface area contributed by atoms with Crippen molar-refractivity contribution in [3.05, 3.63) is 42.1 Å². The Hall–Kier alpha value is -3.36. The van der Waals surface area contributed by atoms with Crippen molar-refractivity contribution in [2.75, 3.05) is 19.0 Å². The number of anilines is 1. The smallest absolute Gasteiger partial charge is 0.326 e. The van der Waals surface area contributed by atoms with Crippen LogP contribution in [0, 0.1) is 0 Å². The van der Waals surface area contributed by atoms with Gasteiger partial charge in [-0.05, 0) is 44.5 Å². The molecule has 2 amide bonds. The highest BCUT2D eigenvalue weighted by Crippen LogP contribution is 2.16. The Balaban J connectivity index is 1.82. The number of carbonyl (C=O) groups is 3. The fraction of sp³-hybridized carbons (Fsp3) is 0.400. The number of carbonyl (C=O) groups excluding carboxylic acids is 3. The molecular formula is C20H26N4O5. The lowest BCUT2D eigenvalue weighted by Crippen LogP contribution is -2.36. The van der Waals surface area contributed by atoms with Gasteiger partial charge in [0, 0.05) is 11.6 Å². The summed E-state index contributed by atoms with van der Waals surface area (Å²) in [5, 5.41) is 9.34. The van der Waals surface area contributed by atoms with Crippen LogP contribution in [0.5, 0.6) is 5.75 Å². The van der Waals surface area contributed by atoms with Crippen LogP contribution in [-0.2, 0) is 14.3 Å². The first-order chi connectivity index (χ1) is 13.8. The van der Waals surface area contributed by atoms with Crippen LogP contribution in [0.25, 0.3) is 0 Å². The minimum Gasteiger partial charge on any atom is -0.497 e. The van der Waals surface area contributed by atoms with Crippen molar-refractivity contribution < 1.29 is 23.9 Å². The van der Waals surface area contributed by atoms with E-state index in [1.807, 2.05) is 13.8 Å². The summed E-state index contributed by atoms with van der Waals surface area (Å²) in [5.74, 6) is -0.482. The summed E-state index contributed by atoms with van der Waals surface area (Å²) in [5.41, 5.74) is 0.377. The molecule has 2 aromatic rings. The Morgan fingerprint density at radius 1 is 1.14 bits per heavy atom. The standard InChI is InChI=1S/C20H26N4O5/c1-5-13(2)24-17(10-11-22-24)23-19(26)14(3)29-18(25)12-21-20(27)15-6-8-16(28-4)9-7-15/h6-11,13-14H,5,12H2,1-4H3,(H,21,27)(H,23,26)/t13-,14-/m1/s1. The van der Waals surface area contributed by atoms with Crippen molar-refractivity contribution in [1.82, 2.24) is 15.1 Å². The van der Waals surface area contributed by atoms with Gasteiger partial charge in [0.1, 0.15) is 18.1 Å². The highest BCUT2D eigenvalue weighted by Gasteiger charge is 2.20.